The molecule has 0 saturated heterocycles. The molecule has 168 valence electrons. The molecule has 0 aliphatic rings. The Labute approximate surface area is 177 Å². The number of nitrogens with one attached hydrogen (secondary N) is 1. The fraction of sp³-hybridized carbons (Fsp3) is 0.389. The van der Waals surface area contributed by atoms with Crippen molar-refractivity contribution in [1.29, 1.82) is 0 Å². The Balaban J connectivity index is 2.69. The molecular formula is C18H23N5O7S. The summed E-state index contributed by atoms with van der Waals surface area (Å²) >= 11 is 0. The molecule has 0 unspecified atom stereocenters. The zero-order valence-electron chi connectivity index (χ0n) is 17.2. The lowest BCUT2D eigenvalue weighted by Gasteiger charge is -2.23. The first-order valence-electron chi connectivity index (χ1n) is 9.36. The Morgan fingerprint density at radius 1 is 1.26 bits per heavy atom. The minimum atomic E-state index is -3.86. The van der Waals surface area contributed by atoms with Crippen molar-refractivity contribution in [2.24, 2.45) is 0 Å². The van der Waals surface area contributed by atoms with E-state index in [0.29, 0.717) is 6.42 Å². The Morgan fingerprint density at radius 3 is 2.42 bits per heavy atom. The lowest BCUT2D eigenvalue weighted by Crippen LogP contribution is -2.41. The predicted molar refractivity (Wildman–Crippen MR) is 114 cm³/mol. The number of sulfone groups is 1. The normalized spacial score (nSPS) is 11.3. The number of hydrogen-bond donors (Lipinski definition) is 2. The third-order valence-electron chi connectivity index (χ3n) is 4.56. The van der Waals surface area contributed by atoms with Crippen molar-refractivity contribution in [1.82, 2.24) is 9.55 Å². The molecule has 2 rings (SSSR count). The maximum atomic E-state index is 13.2. The van der Waals surface area contributed by atoms with Gasteiger partial charge in [0.2, 0.25) is 0 Å². The van der Waals surface area contributed by atoms with E-state index < -0.39 is 42.5 Å². The van der Waals surface area contributed by atoms with Crippen LogP contribution in [-0.4, -0.2) is 41.6 Å². The Kier molecular flexibility index (Phi) is 7.00. The van der Waals surface area contributed by atoms with Gasteiger partial charge in [-0.05, 0) is 19.4 Å². The number of nitrogens with two attached hydrogens (primary N) is 1. The fourth-order valence-electron chi connectivity index (χ4n) is 2.96. The van der Waals surface area contributed by atoms with Gasteiger partial charge in [0.1, 0.15) is 5.82 Å². The SMILES string of the molecule is CCCCn1c(N)c(N(CC)C(=O)c2cc([N+](=O)[O-])cc(S(C)(=O)=O)c2)c(=O)[nH]c1=O. The summed E-state index contributed by atoms with van der Waals surface area (Å²) in [5.74, 6) is -1.11. The number of nitro benzene ring substituents is 1. The van der Waals surface area contributed by atoms with Crippen molar-refractivity contribution in [2.75, 3.05) is 23.4 Å². The molecule has 0 aliphatic carbocycles. The van der Waals surface area contributed by atoms with Crippen molar-refractivity contribution < 1.29 is 18.1 Å². The molecule has 12 nitrogen and oxygen atoms in total. The predicted octanol–water partition coefficient (Wildman–Crippen LogP) is 0.897. The molecular weight excluding hydrogens is 430 g/mol. The Bertz CT molecular complexity index is 1250. The molecule has 2 aromatic rings. The molecule has 0 fully saturated rings. The van der Waals surface area contributed by atoms with E-state index >= 15 is 0 Å². The molecule has 0 bridgehead atoms. The summed E-state index contributed by atoms with van der Waals surface area (Å²) in [5, 5.41) is 11.2. The van der Waals surface area contributed by atoms with Crippen LogP contribution in [-0.2, 0) is 16.4 Å². The van der Waals surface area contributed by atoms with Crippen LogP contribution in [0.4, 0.5) is 17.2 Å². The highest BCUT2D eigenvalue weighted by Gasteiger charge is 2.27. The molecule has 13 heteroatoms. The van der Waals surface area contributed by atoms with E-state index in [1.54, 1.807) is 0 Å². The summed E-state index contributed by atoms with van der Waals surface area (Å²) in [6.45, 7) is 3.57. The van der Waals surface area contributed by atoms with Gasteiger partial charge in [0.05, 0.1) is 9.82 Å². The third kappa shape index (κ3) is 4.99. The number of aromatic amines is 1. The minimum absolute atomic E-state index is 0.0744. The number of hydrogen-bond acceptors (Lipinski definition) is 8. The highest BCUT2D eigenvalue weighted by Crippen LogP contribution is 2.25. The van der Waals surface area contributed by atoms with E-state index in [4.69, 9.17) is 5.73 Å². The third-order valence-corrected chi connectivity index (χ3v) is 5.65. The van der Waals surface area contributed by atoms with Crippen LogP contribution in [0.3, 0.4) is 0 Å². The quantitative estimate of drug-likeness (QED) is 0.437. The topological polar surface area (TPSA) is 178 Å². The first-order chi connectivity index (χ1) is 14.4. The molecule has 31 heavy (non-hydrogen) atoms. The van der Waals surface area contributed by atoms with E-state index in [9.17, 15) is 32.9 Å². The summed E-state index contributed by atoms with van der Waals surface area (Å²) in [5.41, 5.74) is 3.20. The highest BCUT2D eigenvalue weighted by molar-refractivity contribution is 7.90. The number of nitrogens with zero attached hydrogens (tertiary/aromatic N) is 3. The zero-order chi connectivity index (χ0) is 23.5. The molecule has 1 heterocycles. The number of anilines is 2. The second kappa shape index (κ2) is 9.12. The average molecular weight is 453 g/mol. The van der Waals surface area contributed by atoms with Crippen molar-refractivity contribution in [3.05, 3.63) is 54.7 Å². The number of benzene rings is 1. The van der Waals surface area contributed by atoms with Crippen LogP contribution in [0, 0.1) is 10.1 Å². The Hall–Kier alpha value is -3.48. The van der Waals surface area contributed by atoms with Crippen molar-refractivity contribution in [3.8, 4) is 0 Å². The van der Waals surface area contributed by atoms with Crippen LogP contribution < -0.4 is 21.9 Å². The number of non-ortho nitro benzene ring substituents is 1. The van der Waals surface area contributed by atoms with Crippen LogP contribution in [0.15, 0.2) is 32.7 Å². The molecule has 1 aromatic carbocycles. The summed E-state index contributed by atoms with van der Waals surface area (Å²) in [6.07, 6.45) is 2.20. The molecule has 0 radical (unpaired) electrons. The first kappa shape index (κ1) is 23.8. The van der Waals surface area contributed by atoms with Crippen LogP contribution in [0.5, 0.6) is 0 Å². The van der Waals surface area contributed by atoms with Gasteiger partial charge in [-0.25, -0.2) is 13.2 Å². The fourth-order valence-corrected chi connectivity index (χ4v) is 3.64. The molecule has 3 N–H and O–H groups in total. The van der Waals surface area contributed by atoms with Gasteiger partial charge in [0.25, 0.3) is 17.2 Å². The lowest BCUT2D eigenvalue weighted by atomic mass is 10.1. The van der Waals surface area contributed by atoms with Gasteiger partial charge in [-0.1, -0.05) is 13.3 Å². The maximum Gasteiger partial charge on any atom is 0.330 e. The van der Waals surface area contributed by atoms with Crippen molar-refractivity contribution >= 4 is 32.9 Å². The van der Waals surface area contributed by atoms with Gasteiger partial charge in [-0.3, -0.25) is 29.3 Å². The van der Waals surface area contributed by atoms with Gasteiger partial charge < -0.3 is 10.6 Å². The van der Waals surface area contributed by atoms with Crippen LogP contribution in [0.25, 0.3) is 0 Å². The van der Waals surface area contributed by atoms with Gasteiger partial charge in [-0.15, -0.1) is 0 Å². The molecule has 0 atom stereocenters. The van der Waals surface area contributed by atoms with E-state index in [-0.39, 0.29) is 30.2 Å². The molecule has 0 spiro atoms. The maximum absolute atomic E-state index is 13.2. The number of nitrogen functional groups attached to an aromatic ring is 1. The van der Waals surface area contributed by atoms with Gasteiger partial charge in [0, 0.05) is 37.0 Å². The summed E-state index contributed by atoms with van der Waals surface area (Å²) in [6, 6.07) is 2.75. The van der Waals surface area contributed by atoms with E-state index in [1.165, 1.54) is 6.92 Å². The van der Waals surface area contributed by atoms with Gasteiger partial charge in [0.15, 0.2) is 15.5 Å². The minimum Gasteiger partial charge on any atom is -0.383 e. The smallest absolute Gasteiger partial charge is 0.330 e. The molecule has 1 amide bonds. The van der Waals surface area contributed by atoms with Crippen LogP contribution in [0.2, 0.25) is 0 Å². The number of rotatable bonds is 8. The second-order valence-corrected chi connectivity index (χ2v) is 8.81. The number of amides is 1. The van der Waals surface area contributed by atoms with Gasteiger partial charge in [-0.2, -0.15) is 0 Å². The number of H-pyrrole nitrogens is 1. The average Bonchev–Trinajstić information content (AvgIpc) is 2.69. The van der Waals surface area contributed by atoms with Crippen molar-refractivity contribution in [3.63, 3.8) is 0 Å². The summed E-state index contributed by atoms with van der Waals surface area (Å²) in [4.78, 5) is 50.8. The van der Waals surface area contributed by atoms with Gasteiger partial charge >= 0.3 is 5.69 Å². The van der Waals surface area contributed by atoms with Crippen molar-refractivity contribution in [2.45, 2.75) is 38.1 Å². The second-order valence-electron chi connectivity index (χ2n) is 6.79. The summed E-state index contributed by atoms with van der Waals surface area (Å²) in [7, 11) is -3.86. The van der Waals surface area contributed by atoms with Crippen LogP contribution in [0.1, 0.15) is 37.0 Å². The lowest BCUT2D eigenvalue weighted by molar-refractivity contribution is -0.385. The van der Waals surface area contributed by atoms with Crippen LogP contribution >= 0.6 is 0 Å². The largest absolute Gasteiger partial charge is 0.383 e. The zero-order valence-corrected chi connectivity index (χ0v) is 18.1. The number of carbonyl (C=O) groups excluding carboxylic acids is 1. The molecule has 0 aliphatic heterocycles. The monoisotopic (exact) mass is 453 g/mol. The van der Waals surface area contributed by atoms with E-state index in [0.717, 1.165) is 40.3 Å². The molecule has 1 aromatic heterocycles. The Morgan fingerprint density at radius 2 is 1.90 bits per heavy atom. The number of carbonyl (C=O) groups is 1. The molecule has 0 saturated carbocycles. The van der Waals surface area contributed by atoms with E-state index in [1.807, 2.05) is 6.92 Å². The highest BCUT2D eigenvalue weighted by atomic mass is 32.2. The number of aromatic nitrogens is 2. The number of unbranched alkanes of at least 4 members (excludes halogenated alkanes) is 1. The summed E-state index contributed by atoms with van der Waals surface area (Å²) < 4.78 is 25.0. The first-order valence-corrected chi connectivity index (χ1v) is 11.3. The number of nitro groups is 1. The van der Waals surface area contributed by atoms with E-state index in [2.05, 4.69) is 4.98 Å². The standard InChI is InChI=1S/C18H23N5O7S/c1-4-6-7-22-15(19)14(16(24)20-18(22)26)21(5-2)17(25)11-8-12(23(27)28)10-13(9-11)31(3,29)30/h8-10H,4-7,19H2,1-3H3,(H,20,24,26).